The summed E-state index contributed by atoms with van der Waals surface area (Å²) in [6.07, 6.45) is 4.37. The van der Waals surface area contributed by atoms with Crippen LogP contribution in [0.1, 0.15) is 37.2 Å². The summed E-state index contributed by atoms with van der Waals surface area (Å²) in [6, 6.07) is 11.8. The Bertz CT molecular complexity index is 1330. The normalized spacial score (nSPS) is 20.4. The van der Waals surface area contributed by atoms with E-state index in [0.29, 0.717) is 23.7 Å². The predicted octanol–water partition coefficient (Wildman–Crippen LogP) is 2.51. The number of allylic oxidation sites excluding steroid dienone is 1. The van der Waals surface area contributed by atoms with Gasteiger partial charge in [0.1, 0.15) is 5.75 Å². The van der Waals surface area contributed by atoms with Gasteiger partial charge < -0.3 is 34.1 Å². The van der Waals surface area contributed by atoms with Crippen molar-refractivity contribution >= 4 is 15.9 Å². The number of nitrogens with one attached hydrogen (secondary N) is 1. The second-order valence-electron chi connectivity index (χ2n) is 9.81. The van der Waals surface area contributed by atoms with Gasteiger partial charge in [0.05, 0.1) is 25.2 Å². The number of carbonyl (C=O) groups excluding carboxylic acids is 1. The summed E-state index contributed by atoms with van der Waals surface area (Å²) >= 11 is 0. The summed E-state index contributed by atoms with van der Waals surface area (Å²) in [6.45, 7) is -0.317. The van der Waals surface area contributed by atoms with Gasteiger partial charge in [-0.3, -0.25) is 4.79 Å². The summed E-state index contributed by atoms with van der Waals surface area (Å²) < 4.78 is 55.6. The van der Waals surface area contributed by atoms with Crippen LogP contribution in [0.15, 0.2) is 59.2 Å². The van der Waals surface area contributed by atoms with Crippen LogP contribution in [0, 0.1) is 0 Å². The molecule has 0 radical (unpaired) electrons. The molecule has 2 aliphatic heterocycles. The van der Waals surface area contributed by atoms with Crippen molar-refractivity contribution in [2.24, 2.45) is 0 Å². The predicted molar refractivity (Wildman–Crippen MR) is 143 cm³/mol. The maximum absolute atomic E-state index is 13.2. The summed E-state index contributed by atoms with van der Waals surface area (Å²) in [5, 5.41) is 12.5. The monoisotopic (exact) mass is 574 g/mol. The highest BCUT2D eigenvalue weighted by Gasteiger charge is 2.32. The molecule has 11 nitrogen and oxygen atoms in total. The minimum absolute atomic E-state index is 0.00850. The number of nitrogens with zero attached hydrogens (tertiary/aromatic N) is 1. The number of rotatable bonds is 12. The van der Waals surface area contributed by atoms with E-state index in [2.05, 4.69) is 5.32 Å². The molecule has 0 spiro atoms. The fourth-order valence-electron chi connectivity index (χ4n) is 4.75. The van der Waals surface area contributed by atoms with Gasteiger partial charge in [-0.15, -0.1) is 0 Å². The molecule has 1 saturated carbocycles. The summed E-state index contributed by atoms with van der Waals surface area (Å²) in [7, 11) is -2.39. The first-order valence-corrected chi connectivity index (χ1v) is 14.8. The number of hydrogen-bond donors (Lipinski definition) is 2. The molecule has 0 bridgehead atoms. The number of aliphatic hydroxyl groups excluding tert-OH is 1. The van der Waals surface area contributed by atoms with Crippen LogP contribution in [0.3, 0.4) is 0 Å². The Labute approximate surface area is 233 Å². The number of aliphatic hydroxyl groups is 1. The Morgan fingerprint density at radius 3 is 2.58 bits per heavy atom. The molecule has 216 valence electrons. The highest BCUT2D eigenvalue weighted by molar-refractivity contribution is 7.89. The first-order chi connectivity index (χ1) is 19.4. The van der Waals surface area contributed by atoms with Crippen molar-refractivity contribution in [2.45, 2.75) is 48.8 Å². The van der Waals surface area contributed by atoms with Crippen LogP contribution < -0.4 is 19.5 Å². The molecule has 0 saturated heterocycles. The maximum Gasteiger partial charge on any atom is 0.286 e. The van der Waals surface area contributed by atoms with Gasteiger partial charge in [-0.25, -0.2) is 8.42 Å². The molecule has 1 aliphatic carbocycles. The minimum atomic E-state index is -3.89. The molecule has 40 heavy (non-hydrogen) atoms. The van der Waals surface area contributed by atoms with E-state index in [1.807, 2.05) is 18.2 Å². The van der Waals surface area contributed by atoms with Crippen molar-refractivity contribution in [3.05, 3.63) is 59.9 Å². The third-order valence-electron chi connectivity index (χ3n) is 7.24. The lowest BCUT2D eigenvalue weighted by Gasteiger charge is -2.32. The topological polar surface area (TPSA) is 133 Å². The van der Waals surface area contributed by atoms with Crippen molar-refractivity contribution in [3.63, 3.8) is 0 Å². The molecule has 2 heterocycles. The van der Waals surface area contributed by atoms with Crippen molar-refractivity contribution in [1.82, 2.24) is 9.62 Å². The second kappa shape index (κ2) is 12.5. The number of carbonyl (C=O) groups is 1. The number of hydrogen-bond acceptors (Lipinski definition) is 9. The van der Waals surface area contributed by atoms with E-state index in [4.69, 9.17) is 23.7 Å². The van der Waals surface area contributed by atoms with Crippen LogP contribution >= 0.6 is 0 Å². The van der Waals surface area contributed by atoms with E-state index in [9.17, 15) is 18.3 Å². The third-order valence-corrected chi connectivity index (χ3v) is 9.15. The van der Waals surface area contributed by atoms with E-state index in [1.165, 1.54) is 19.2 Å². The zero-order chi connectivity index (χ0) is 28.1. The molecule has 1 amide bonds. The average Bonchev–Trinajstić information content (AvgIpc) is 3.42. The standard InChI is InChI=1S/C28H34N2O9S/c1-35-22-6-8-23(9-7-22)40(33,34)30(11-13-31)12-14-36-27-17-20(19-5-10-24-25(15-19)38-18-37-24)16-26(39-27)28(32)29-21-3-2-4-21/h5-10,15-16,20-21,27,31H,2-4,11-14,17-18H2,1H3,(H,29,32)/t20-,27+/m0/s1. The van der Waals surface area contributed by atoms with Crippen molar-refractivity contribution in [1.29, 1.82) is 0 Å². The van der Waals surface area contributed by atoms with Crippen molar-refractivity contribution in [3.8, 4) is 17.2 Å². The molecule has 0 aromatic heterocycles. The lowest BCUT2D eigenvalue weighted by Crippen LogP contribution is -2.42. The Morgan fingerprint density at radius 2 is 1.88 bits per heavy atom. The van der Waals surface area contributed by atoms with Crippen molar-refractivity contribution < 1.29 is 42.0 Å². The number of benzene rings is 2. The smallest absolute Gasteiger partial charge is 0.286 e. The lowest BCUT2D eigenvalue weighted by molar-refractivity contribution is -0.147. The summed E-state index contributed by atoms with van der Waals surface area (Å²) in [4.78, 5) is 13.1. The van der Waals surface area contributed by atoms with E-state index in [1.54, 1.807) is 18.2 Å². The minimum Gasteiger partial charge on any atom is -0.497 e. The first kappa shape index (κ1) is 28.2. The average molecular weight is 575 g/mol. The van der Waals surface area contributed by atoms with Gasteiger partial charge in [-0.1, -0.05) is 6.07 Å². The fourth-order valence-corrected chi connectivity index (χ4v) is 6.17. The SMILES string of the molecule is COc1ccc(S(=O)(=O)N(CCO)CCO[C@H]2C[C@@H](c3ccc4c(c3)OCO4)C=C(C(=O)NC3CCC3)O2)cc1. The van der Waals surface area contributed by atoms with Crippen LogP contribution in [0.5, 0.6) is 17.2 Å². The van der Waals surface area contributed by atoms with Crippen LogP contribution in [0.4, 0.5) is 0 Å². The molecule has 3 aliphatic rings. The van der Waals surface area contributed by atoms with Gasteiger partial charge in [-0.05, 0) is 67.3 Å². The molecule has 5 rings (SSSR count). The zero-order valence-electron chi connectivity index (χ0n) is 22.3. The van der Waals surface area contributed by atoms with Gasteiger partial charge in [0.2, 0.25) is 23.1 Å². The van der Waals surface area contributed by atoms with E-state index in [-0.39, 0.29) is 61.6 Å². The van der Waals surface area contributed by atoms with Gasteiger partial charge in [-0.2, -0.15) is 4.31 Å². The zero-order valence-corrected chi connectivity index (χ0v) is 23.1. The van der Waals surface area contributed by atoms with Gasteiger partial charge in [0, 0.05) is 31.5 Å². The van der Waals surface area contributed by atoms with Crippen LogP contribution in [0.25, 0.3) is 0 Å². The third kappa shape index (κ3) is 6.35. The molecule has 2 aromatic rings. The van der Waals surface area contributed by atoms with Gasteiger partial charge in [0.25, 0.3) is 5.91 Å². The van der Waals surface area contributed by atoms with E-state index >= 15 is 0 Å². The number of ether oxygens (including phenoxy) is 5. The maximum atomic E-state index is 13.2. The Kier molecular flexibility index (Phi) is 8.79. The quantitative estimate of drug-likeness (QED) is 0.392. The summed E-state index contributed by atoms with van der Waals surface area (Å²) in [5.41, 5.74) is 0.916. The molecule has 2 atom stereocenters. The van der Waals surface area contributed by atoms with Crippen LogP contribution in [-0.4, -0.2) is 76.3 Å². The highest BCUT2D eigenvalue weighted by atomic mass is 32.2. The molecule has 0 unspecified atom stereocenters. The number of sulfonamides is 1. The van der Waals surface area contributed by atoms with Gasteiger partial charge in [0.15, 0.2) is 17.3 Å². The Balaban J connectivity index is 1.27. The molecule has 2 N–H and O–H groups in total. The van der Waals surface area contributed by atoms with Crippen molar-refractivity contribution in [2.75, 3.05) is 40.2 Å². The lowest BCUT2D eigenvalue weighted by atomic mass is 9.91. The fraction of sp³-hybridized carbons (Fsp3) is 0.464. The van der Waals surface area contributed by atoms with E-state index < -0.39 is 16.3 Å². The highest BCUT2D eigenvalue weighted by Crippen LogP contribution is 2.38. The number of methoxy groups -OCH3 is 1. The van der Waals surface area contributed by atoms with Gasteiger partial charge >= 0.3 is 0 Å². The molecular formula is C28H34N2O9S. The molecule has 1 fully saturated rings. The number of amides is 1. The number of fused-ring (bicyclic) bond motifs is 1. The summed E-state index contributed by atoms with van der Waals surface area (Å²) in [5.74, 6) is 1.51. The molecular weight excluding hydrogens is 540 g/mol. The molecule has 2 aromatic carbocycles. The molecule has 12 heteroatoms. The largest absolute Gasteiger partial charge is 0.497 e. The Hall–Kier alpha value is -3.32. The Morgan fingerprint density at radius 1 is 1.10 bits per heavy atom. The first-order valence-electron chi connectivity index (χ1n) is 13.3. The van der Waals surface area contributed by atoms with Crippen LogP contribution in [-0.2, 0) is 24.3 Å². The second-order valence-corrected chi connectivity index (χ2v) is 11.7. The van der Waals surface area contributed by atoms with E-state index in [0.717, 1.165) is 29.1 Å². The van der Waals surface area contributed by atoms with Crippen LogP contribution in [0.2, 0.25) is 0 Å².